The van der Waals surface area contributed by atoms with Gasteiger partial charge in [0.2, 0.25) is 0 Å². The zero-order chi connectivity index (χ0) is 15.6. The summed E-state index contributed by atoms with van der Waals surface area (Å²) < 4.78 is 32.4. The zero-order valence-corrected chi connectivity index (χ0v) is 13.2. The van der Waals surface area contributed by atoms with Crippen molar-refractivity contribution in [2.24, 2.45) is 5.84 Å². The molecule has 1 atom stereocenters. The molecule has 1 unspecified atom stereocenters. The van der Waals surface area contributed by atoms with Crippen molar-refractivity contribution in [3.05, 3.63) is 63.1 Å². The molecule has 0 saturated heterocycles. The molecule has 3 N–H and O–H groups in total. The first-order chi connectivity index (χ1) is 9.99. The van der Waals surface area contributed by atoms with Gasteiger partial charge < -0.3 is 4.74 Å². The molecule has 0 amide bonds. The SMILES string of the molecule is COc1ccc(C)cc1C(NN)c1ccc(F)c(F)c1Br. The molecule has 2 rings (SSSR count). The second kappa shape index (κ2) is 6.51. The van der Waals surface area contributed by atoms with E-state index in [0.29, 0.717) is 11.3 Å². The number of hydrogen-bond acceptors (Lipinski definition) is 3. The van der Waals surface area contributed by atoms with Crippen LogP contribution in [0.3, 0.4) is 0 Å². The molecule has 0 fully saturated rings. The lowest BCUT2D eigenvalue weighted by Gasteiger charge is -2.21. The highest BCUT2D eigenvalue weighted by Crippen LogP contribution is 2.35. The van der Waals surface area contributed by atoms with Crippen molar-refractivity contribution in [3.63, 3.8) is 0 Å². The Morgan fingerprint density at radius 2 is 1.90 bits per heavy atom. The molecule has 2 aromatic carbocycles. The molecule has 0 heterocycles. The molecule has 0 aliphatic heterocycles. The third-order valence-corrected chi connectivity index (χ3v) is 4.04. The minimum atomic E-state index is -0.945. The lowest BCUT2D eigenvalue weighted by Crippen LogP contribution is -2.29. The molecule has 3 nitrogen and oxygen atoms in total. The summed E-state index contributed by atoms with van der Waals surface area (Å²) in [5, 5.41) is 0. The number of nitrogens with two attached hydrogens (primary N) is 1. The smallest absolute Gasteiger partial charge is 0.173 e. The fourth-order valence-corrected chi connectivity index (χ4v) is 2.74. The van der Waals surface area contributed by atoms with E-state index >= 15 is 0 Å². The predicted molar refractivity (Wildman–Crippen MR) is 81.0 cm³/mol. The number of ether oxygens (including phenoxy) is 1. The average Bonchev–Trinajstić information content (AvgIpc) is 2.48. The monoisotopic (exact) mass is 356 g/mol. The van der Waals surface area contributed by atoms with E-state index in [1.807, 2.05) is 25.1 Å². The van der Waals surface area contributed by atoms with Crippen LogP contribution in [0, 0.1) is 18.6 Å². The minimum absolute atomic E-state index is 0.0361. The van der Waals surface area contributed by atoms with Crippen molar-refractivity contribution in [2.45, 2.75) is 13.0 Å². The lowest BCUT2D eigenvalue weighted by atomic mass is 9.96. The molecule has 21 heavy (non-hydrogen) atoms. The van der Waals surface area contributed by atoms with E-state index in [4.69, 9.17) is 10.6 Å². The Hall–Kier alpha value is -1.50. The van der Waals surface area contributed by atoms with Crippen LogP contribution in [0.25, 0.3) is 0 Å². The van der Waals surface area contributed by atoms with Gasteiger partial charge in [0.1, 0.15) is 5.75 Å². The second-order valence-corrected chi connectivity index (χ2v) is 5.40. The summed E-state index contributed by atoms with van der Waals surface area (Å²) in [4.78, 5) is 0. The number of rotatable bonds is 4. The van der Waals surface area contributed by atoms with Crippen LogP contribution < -0.4 is 16.0 Å². The largest absolute Gasteiger partial charge is 0.496 e. The van der Waals surface area contributed by atoms with Crippen LogP contribution in [0.15, 0.2) is 34.8 Å². The third-order valence-electron chi connectivity index (χ3n) is 3.24. The first-order valence-electron chi connectivity index (χ1n) is 6.23. The summed E-state index contributed by atoms with van der Waals surface area (Å²) in [6.07, 6.45) is 0. The maximum absolute atomic E-state index is 13.7. The number of halogens is 3. The Balaban J connectivity index is 2.60. The number of benzene rings is 2. The van der Waals surface area contributed by atoms with Gasteiger partial charge in [0.15, 0.2) is 11.6 Å². The fourth-order valence-electron chi connectivity index (χ4n) is 2.19. The topological polar surface area (TPSA) is 47.3 Å². The highest BCUT2D eigenvalue weighted by atomic mass is 79.9. The van der Waals surface area contributed by atoms with E-state index in [1.54, 1.807) is 7.11 Å². The highest BCUT2D eigenvalue weighted by Gasteiger charge is 2.22. The molecular formula is C15H15BrF2N2O. The molecule has 0 saturated carbocycles. The molecular weight excluding hydrogens is 342 g/mol. The Morgan fingerprint density at radius 1 is 1.19 bits per heavy atom. The second-order valence-electron chi connectivity index (χ2n) is 4.61. The molecule has 0 aliphatic carbocycles. The highest BCUT2D eigenvalue weighted by molar-refractivity contribution is 9.10. The van der Waals surface area contributed by atoms with Gasteiger partial charge in [-0.2, -0.15) is 0 Å². The number of aryl methyl sites for hydroxylation is 1. The van der Waals surface area contributed by atoms with Gasteiger partial charge in [-0.1, -0.05) is 23.8 Å². The van der Waals surface area contributed by atoms with Crippen molar-refractivity contribution in [1.82, 2.24) is 5.43 Å². The van der Waals surface area contributed by atoms with Gasteiger partial charge in [-0.25, -0.2) is 14.2 Å². The number of hydrazine groups is 1. The van der Waals surface area contributed by atoms with Gasteiger partial charge in [-0.05, 0) is 40.5 Å². The Kier molecular flexibility index (Phi) is 4.92. The molecule has 6 heteroatoms. The minimum Gasteiger partial charge on any atom is -0.496 e. The van der Waals surface area contributed by atoms with E-state index in [-0.39, 0.29) is 4.47 Å². The number of methoxy groups -OCH3 is 1. The molecule has 0 aromatic heterocycles. The van der Waals surface area contributed by atoms with Crippen molar-refractivity contribution < 1.29 is 13.5 Å². The molecule has 0 bridgehead atoms. The predicted octanol–water partition coefficient (Wildman–Crippen LogP) is 3.60. The molecule has 112 valence electrons. The molecule has 0 aliphatic rings. The van der Waals surface area contributed by atoms with E-state index in [9.17, 15) is 8.78 Å². The van der Waals surface area contributed by atoms with E-state index in [1.165, 1.54) is 6.07 Å². The van der Waals surface area contributed by atoms with Crippen LogP contribution in [0.5, 0.6) is 5.75 Å². The molecule has 0 radical (unpaired) electrons. The first kappa shape index (κ1) is 15.9. The van der Waals surface area contributed by atoms with Crippen LogP contribution in [0.4, 0.5) is 8.78 Å². The Labute approximate surface area is 130 Å². The Morgan fingerprint density at radius 3 is 2.52 bits per heavy atom. The maximum Gasteiger partial charge on any atom is 0.173 e. The van der Waals surface area contributed by atoms with Crippen LogP contribution >= 0.6 is 15.9 Å². The summed E-state index contributed by atoms with van der Waals surface area (Å²) in [5.41, 5.74) is 4.86. The summed E-state index contributed by atoms with van der Waals surface area (Å²) >= 11 is 3.08. The number of nitrogens with one attached hydrogen (secondary N) is 1. The molecule has 0 spiro atoms. The summed E-state index contributed by atoms with van der Waals surface area (Å²) in [5.74, 6) is 4.37. The van der Waals surface area contributed by atoms with Crippen LogP contribution in [-0.4, -0.2) is 7.11 Å². The van der Waals surface area contributed by atoms with Crippen LogP contribution in [-0.2, 0) is 0 Å². The van der Waals surface area contributed by atoms with Crippen molar-refractivity contribution >= 4 is 15.9 Å². The maximum atomic E-state index is 13.7. The van der Waals surface area contributed by atoms with Gasteiger partial charge in [0.05, 0.1) is 17.6 Å². The van der Waals surface area contributed by atoms with E-state index in [2.05, 4.69) is 21.4 Å². The molecule has 2 aromatic rings. The quantitative estimate of drug-likeness (QED) is 0.499. The van der Waals surface area contributed by atoms with Crippen molar-refractivity contribution in [1.29, 1.82) is 0 Å². The van der Waals surface area contributed by atoms with E-state index in [0.717, 1.165) is 17.2 Å². The van der Waals surface area contributed by atoms with Crippen LogP contribution in [0.2, 0.25) is 0 Å². The normalized spacial score (nSPS) is 12.3. The standard InChI is InChI=1S/C15H15BrF2N2O/c1-8-3-6-12(21-2)10(7-8)15(20-19)9-4-5-11(17)14(18)13(9)16/h3-7,15,20H,19H2,1-2H3. The van der Waals surface area contributed by atoms with E-state index < -0.39 is 17.7 Å². The summed E-state index contributed by atoms with van der Waals surface area (Å²) in [6.45, 7) is 1.93. The third kappa shape index (κ3) is 3.07. The fraction of sp³-hybridized carbons (Fsp3) is 0.200. The summed E-state index contributed by atoms with van der Waals surface area (Å²) in [7, 11) is 1.54. The van der Waals surface area contributed by atoms with Gasteiger partial charge in [0, 0.05) is 5.56 Å². The first-order valence-corrected chi connectivity index (χ1v) is 7.03. The van der Waals surface area contributed by atoms with Crippen molar-refractivity contribution in [3.8, 4) is 5.75 Å². The average molecular weight is 357 g/mol. The van der Waals surface area contributed by atoms with Gasteiger partial charge in [0.25, 0.3) is 0 Å². The Bertz CT molecular complexity index is 664. The van der Waals surface area contributed by atoms with Gasteiger partial charge in [-0.15, -0.1) is 0 Å². The van der Waals surface area contributed by atoms with Crippen LogP contribution in [0.1, 0.15) is 22.7 Å². The van der Waals surface area contributed by atoms with Gasteiger partial charge in [-0.3, -0.25) is 5.84 Å². The summed E-state index contributed by atoms with van der Waals surface area (Å²) in [6, 6.07) is 7.61. The lowest BCUT2D eigenvalue weighted by molar-refractivity contribution is 0.403. The zero-order valence-electron chi connectivity index (χ0n) is 11.6. The van der Waals surface area contributed by atoms with Crippen molar-refractivity contribution in [2.75, 3.05) is 7.11 Å². The number of hydrogen-bond donors (Lipinski definition) is 2. The van der Waals surface area contributed by atoms with Gasteiger partial charge >= 0.3 is 0 Å².